The van der Waals surface area contributed by atoms with Gasteiger partial charge in [-0.25, -0.2) is 0 Å². The fraction of sp³-hybridized carbons (Fsp3) is 0.167. The number of carbonyl (C=O) groups excluding carboxylic acids is 1. The number of anilines is 1. The second kappa shape index (κ2) is 4.97. The van der Waals surface area contributed by atoms with Crippen LogP contribution in [0, 0.1) is 13.8 Å². The van der Waals surface area contributed by atoms with Gasteiger partial charge in [0.25, 0.3) is 0 Å². The van der Waals surface area contributed by atoms with Crippen molar-refractivity contribution < 1.29 is 4.79 Å². The minimum atomic E-state index is -0.252. The molecule has 2 nitrogen and oxygen atoms in total. The van der Waals surface area contributed by atoms with Gasteiger partial charge in [0.2, 0.25) is 0 Å². The topological polar surface area (TPSA) is 20.3 Å². The average Bonchev–Trinajstić information content (AvgIpc) is 2.45. The minimum Gasteiger partial charge on any atom is -0.334 e. The summed E-state index contributed by atoms with van der Waals surface area (Å²) in [7, 11) is 0. The van der Waals surface area contributed by atoms with Gasteiger partial charge < -0.3 is 9.69 Å². The van der Waals surface area contributed by atoms with Gasteiger partial charge in [-0.05, 0) is 54.3 Å². The van der Waals surface area contributed by atoms with Crippen molar-refractivity contribution in [2.45, 2.75) is 19.9 Å². The van der Waals surface area contributed by atoms with E-state index in [1.54, 1.807) is 0 Å². The lowest BCUT2D eigenvalue weighted by Crippen LogP contribution is -2.27. The summed E-state index contributed by atoms with van der Waals surface area (Å²) in [6, 6.07) is 14.2. The summed E-state index contributed by atoms with van der Waals surface area (Å²) in [6.07, 6.45) is 5.07. The summed E-state index contributed by atoms with van der Waals surface area (Å²) in [4.78, 5) is 13.6. The number of rotatable bonds is 2. The molecule has 0 aliphatic carbocycles. The van der Waals surface area contributed by atoms with E-state index in [-0.39, 0.29) is 6.04 Å². The van der Waals surface area contributed by atoms with Crippen LogP contribution >= 0.6 is 0 Å². The third kappa shape index (κ3) is 2.14. The molecule has 1 aliphatic heterocycles. The molecule has 2 aromatic rings. The van der Waals surface area contributed by atoms with E-state index in [9.17, 15) is 4.79 Å². The monoisotopic (exact) mass is 263 g/mol. The first-order valence-corrected chi connectivity index (χ1v) is 6.78. The summed E-state index contributed by atoms with van der Waals surface area (Å²) in [5, 5.41) is 0. The normalized spacial score (nSPS) is 16.9. The molecule has 0 radical (unpaired) electrons. The van der Waals surface area contributed by atoms with E-state index < -0.39 is 0 Å². The van der Waals surface area contributed by atoms with Crippen molar-refractivity contribution >= 4 is 18.0 Å². The zero-order valence-electron chi connectivity index (χ0n) is 11.7. The molecule has 0 saturated heterocycles. The Morgan fingerprint density at radius 3 is 2.45 bits per heavy atom. The van der Waals surface area contributed by atoms with Crippen LogP contribution in [0.25, 0.3) is 6.08 Å². The Bertz CT molecular complexity index is 667. The molecule has 0 saturated carbocycles. The lowest BCUT2D eigenvalue weighted by Gasteiger charge is -2.31. The van der Waals surface area contributed by atoms with Crippen molar-refractivity contribution in [3.05, 3.63) is 70.9 Å². The van der Waals surface area contributed by atoms with Gasteiger partial charge in [-0.2, -0.15) is 0 Å². The number of fused-ring (bicyclic) bond motifs is 1. The zero-order chi connectivity index (χ0) is 14.1. The van der Waals surface area contributed by atoms with Crippen molar-refractivity contribution in [3.8, 4) is 0 Å². The predicted molar refractivity (Wildman–Crippen MR) is 82.7 cm³/mol. The van der Waals surface area contributed by atoms with E-state index >= 15 is 0 Å². The Labute approximate surface area is 119 Å². The van der Waals surface area contributed by atoms with Gasteiger partial charge in [0.05, 0.1) is 0 Å². The number of carbonyl (C=O) groups is 1. The highest BCUT2D eigenvalue weighted by atomic mass is 16.1. The molecular weight excluding hydrogens is 246 g/mol. The standard InChI is InChI=1S/C18H17NO/c1-13-9-14(2)11-16(10-13)19-8-7-15-5-3-4-6-17(15)18(19)12-20/h3-12,18H,1-2H3. The first-order chi connectivity index (χ1) is 9.69. The van der Waals surface area contributed by atoms with Gasteiger partial charge in [-0.15, -0.1) is 0 Å². The van der Waals surface area contributed by atoms with E-state index in [1.807, 2.05) is 35.4 Å². The number of hydrogen-bond acceptors (Lipinski definition) is 2. The van der Waals surface area contributed by atoms with Crippen LogP contribution in [0.2, 0.25) is 0 Å². The highest BCUT2D eigenvalue weighted by molar-refractivity contribution is 5.78. The van der Waals surface area contributed by atoms with Crippen LogP contribution in [-0.2, 0) is 4.79 Å². The molecule has 20 heavy (non-hydrogen) atoms. The lowest BCUT2D eigenvalue weighted by atomic mass is 9.96. The maximum absolute atomic E-state index is 11.6. The first kappa shape index (κ1) is 12.7. The summed E-state index contributed by atoms with van der Waals surface area (Å²) < 4.78 is 0. The number of benzene rings is 2. The Hall–Kier alpha value is -2.35. The predicted octanol–water partition coefficient (Wildman–Crippen LogP) is 4.03. The van der Waals surface area contributed by atoms with Crippen LogP contribution in [0.4, 0.5) is 5.69 Å². The van der Waals surface area contributed by atoms with Crippen molar-refractivity contribution in [1.29, 1.82) is 0 Å². The van der Waals surface area contributed by atoms with Gasteiger partial charge in [-0.3, -0.25) is 0 Å². The van der Waals surface area contributed by atoms with Crippen molar-refractivity contribution in [2.75, 3.05) is 4.90 Å². The second-order valence-corrected chi connectivity index (χ2v) is 5.28. The Kier molecular flexibility index (Phi) is 3.15. The van der Waals surface area contributed by atoms with Crippen LogP contribution in [0.15, 0.2) is 48.7 Å². The van der Waals surface area contributed by atoms with Gasteiger partial charge >= 0.3 is 0 Å². The van der Waals surface area contributed by atoms with Crippen LogP contribution in [0.1, 0.15) is 28.3 Å². The smallest absolute Gasteiger partial charge is 0.147 e. The summed E-state index contributed by atoms with van der Waals surface area (Å²) in [6.45, 7) is 4.15. The first-order valence-electron chi connectivity index (χ1n) is 6.78. The molecule has 1 aliphatic rings. The summed E-state index contributed by atoms with van der Waals surface area (Å²) in [5.41, 5.74) is 5.65. The zero-order valence-corrected chi connectivity index (χ0v) is 11.7. The fourth-order valence-corrected chi connectivity index (χ4v) is 2.82. The largest absolute Gasteiger partial charge is 0.334 e. The number of hydrogen-bond donors (Lipinski definition) is 0. The van der Waals surface area contributed by atoms with Crippen LogP contribution in [-0.4, -0.2) is 6.29 Å². The molecule has 0 N–H and O–H groups in total. The minimum absolute atomic E-state index is 0.252. The molecule has 0 amide bonds. The number of nitrogens with zero attached hydrogens (tertiary/aromatic N) is 1. The molecule has 0 aromatic heterocycles. The Morgan fingerprint density at radius 1 is 1.05 bits per heavy atom. The van der Waals surface area contributed by atoms with Crippen molar-refractivity contribution in [3.63, 3.8) is 0 Å². The molecule has 2 heteroatoms. The molecule has 0 fully saturated rings. The molecule has 1 unspecified atom stereocenters. The fourth-order valence-electron chi connectivity index (χ4n) is 2.82. The maximum atomic E-state index is 11.6. The molecule has 0 bridgehead atoms. The Morgan fingerprint density at radius 2 is 1.75 bits per heavy atom. The average molecular weight is 263 g/mol. The molecule has 0 spiro atoms. The quantitative estimate of drug-likeness (QED) is 0.762. The molecule has 1 heterocycles. The molecule has 3 rings (SSSR count). The molecule has 100 valence electrons. The van der Waals surface area contributed by atoms with Gasteiger partial charge in [0, 0.05) is 11.9 Å². The van der Waals surface area contributed by atoms with Crippen molar-refractivity contribution in [2.24, 2.45) is 0 Å². The van der Waals surface area contributed by atoms with E-state index in [0.29, 0.717) is 0 Å². The van der Waals surface area contributed by atoms with Crippen LogP contribution < -0.4 is 4.90 Å². The Balaban J connectivity index is 2.09. The highest BCUT2D eigenvalue weighted by Crippen LogP contribution is 2.33. The van der Waals surface area contributed by atoms with Gasteiger partial charge in [0.1, 0.15) is 12.3 Å². The summed E-state index contributed by atoms with van der Waals surface area (Å²) >= 11 is 0. The van der Waals surface area contributed by atoms with Crippen molar-refractivity contribution in [1.82, 2.24) is 0 Å². The number of aryl methyl sites for hydroxylation is 2. The van der Waals surface area contributed by atoms with E-state index in [4.69, 9.17) is 0 Å². The number of aldehydes is 1. The van der Waals surface area contributed by atoms with Crippen LogP contribution in [0.3, 0.4) is 0 Å². The molecule has 1 atom stereocenters. The van der Waals surface area contributed by atoms with E-state index in [1.165, 1.54) is 11.1 Å². The SMILES string of the molecule is Cc1cc(C)cc(N2C=Cc3ccccc3C2C=O)c1. The van der Waals surface area contributed by atoms with Gasteiger partial charge in [-0.1, -0.05) is 30.3 Å². The second-order valence-electron chi connectivity index (χ2n) is 5.28. The third-order valence-electron chi connectivity index (χ3n) is 3.66. The lowest BCUT2D eigenvalue weighted by molar-refractivity contribution is -0.109. The van der Waals surface area contributed by atoms with Crippen LogP contribution in [0.5, 0.6) is 0 Å². The maximum Gasteiger partial charge on any atom is 0.147 e. The third-order valence-corrected chi connectivity index (χ3v) is 3.66. The highest BCUT2D eigenvalue weighted by Gasteiger charge is 2.23. The summed E-state index contributed by atoms with van der Waals surface area (Å²) in [5.74, 6) is 0. The molecular formula is C18H17NO. The van der Waals surface area contributed by atoms with Gasteiger partial charge in [0.15, 0.2) is 0 Å². The van der Waals surface area contributed by atoms with E-state index in [0.717, 1.165) is 23.1 Å². The van der Waals surface area contributed by atoms with E-state index in [2.05, 4.69) is 38.1 Å². The molecule has 2 aromatic carbocycles.